The topological polar surface area (TPSA) is 90.0 Å². The molecule has 0 bridgehead atoms. The number of benzene rings is 2. The van der Waals surface area contributed by atoms with Crippen molar-refractivity contribution < 1.29 is 18.4 Å². The molecular weight excluding hydrogens is 510 g/mol. The van der Waals surface area contributed by atoms with Crippen molar-refractivity contribution in [3.8, 4) is 0 Å². The zero-order chi connectivity index (χ0) is 28.8. The molecule has 0 radical (unpaired) electrons. The van der Waals surface area contributed by atoms with E-state index in [0.29, 0.717) is 22.4 Å². The number of carbonyl (C=O) groups excluding carboxylic acids is 2. The van der Waals surface area contributed by atoms with E-state index in [1.807, 2.05) is 41.8 Å². The second kappa shape index (κ2) is 12.3. The van der Waals surface area contributed by atoms with Crippen LogP contribution >= 0.6 is 0 Å². The molecule has 2 aromatic carbocycles. The lowest BCUT2D eigenvalue weighted by Gasteiger charge is -2.22. The van der Waals surface area contributed by atoms with Gasteiger partial charge in [0.05, 0.1) is 11.7 Å². The van der Waals surface area contributed by atoms with Crippen LogP contribution in [0.2, 0.25) is 0 Å². The number of nitrogens with two attached hydrogens (primary N) is 1. The van der Waals surface area contributed by atoms with Crippen LogP contribution in [0.15, 0.2) is 97.2 Å². The molecule has 0 fully saturated rings. The number of rotatable bonds is 10. The summed E-state index contributed by atoms with van der Waals surface area (Å²) in [5, 5.41) is 4.05. The van der Waals surface area contributed by atoms with E-state index in [4.69, 9.17) is 5.73 Å². The number of aromatic nitrogens is 2. The molecule has 0 saturated heterocycles. The predicted molar refractivity (Wildman–Crippen MR) is 153 cm³/mol. The molecule has 0 aliphatic carbocycles. The molecule has 4 rings (SSSR count). The summed E-state index contributed by atoms with van der Waals surface area (Å²) >= 11 is 0. The highest BCUT2D eigenvalue weighted by atomic mass is 19.1. The molecule has 0 unspecified atom stereocenters. The standard InChI is InChI=1S/C32H30F2N4O2/c1-4-8-24(32(35)40)13-20(2)27-10-7-12-36-31(27)28(17-22-15-25(33)18-26(34)16-22)37-30(39)19-38-21(3)14-23-9-5-6-11-29(23)38/h4-16,18,28H,1,17,19H2,2-3H3,(H2,35,40)(H,37,39)/b20-13+,24-8+/t28-/m0/s1. The lowest BCUT2D eigenvalue weighted by atomic mass is 9.94. The van der Waals surface area contributed by atoms with Crippen molar-refractivity contribution in [2.24, 2.45) is 5.73 Å². The number of allylic oxidation sites excluding steroid dienone is 3. The first-order valence-corrected chi connectivity index (χ1v) is 12.7. The van der Waals surface area contributed by atoms with Gasteiger partial charge in [0.2, 0.25) is 11.8 Å². The highest BCUT2D eigenvalue weighted by molar-refractivity contribution is 5.97. The van der Waals surface area contributed by atoms with Crippen LogP contribution in [0.1, 0.15) is 35.5 Å². The summed E-state index contributed by atoms with van der Waals surface area (Å²) in [7, 11) is 0. The number of para-hydroxylation sites is 1. The number of halogens is 2. The van der Waals surface area contributed by atoms with Gasteiger partial charge in [-0.3, -0.25) is 14.6 Å². The van der Waals surface area contributed by atoms with Crippen molar-refractivity contribution in [3.05, 3.63) is 131 Å². The number of aryl methyl sites for hydroxylation is 1. The maximum Gasteiger partial charge on any atom is 0.248 e. The van der Waals surface area contributed by atoms with Gasteiger partial charge in [-0.05, 0) is 73.2 Å². The van der Waals surface area contributed by atoms with E-state index >= 15 is 0 Å². The van der Waals surface area contributed by atoms with Crippen LogP contribution < -0.4 is 11.1 Å². The molecule has 6 nitrogen and oxygen atoms in total. The molecule has 1 atom stereocenters. The fraction of sp³-hybridized carbons (Fsp3) is 0.156. The number of nitrogens with zero attached hydrogens (tertiary/aromatic N) is 2. The molecule has 204 valence electrons. The van der Waals surface area contributed by atoms with E-state index in [9.17, 15) is 18.4 Å². The summed E-state index contributed by atoms with van der Waals surface area (Å²) in [6, 6.07) is 15.8. The van der Waals surface area contributed by atoms with Crippen LogP contribution in [0.25, 0.3) is 16.5 Å². The third-order valence-corrected chi connectivity index (χ3v) is 6.56. The van der Waals surface area contributed by atoms with Crippen LogP contribution in [-0.4, -0.2) is 21.4 Å². The molecule has 0 spiro atoms. The van der Waals surface area contributed by atoms with E-state index in [1.165, 1.54) is 24.3 Å². The SMILES string of the molecule is C=C/C=C(\C=C(/C)c1cccnc1[C@H](Cc1cc(F)cc(F)c1)NC(=O)Cn1c(C)cc2ccccc21)C(N)=O. The number of carbonyl (C=O) groups is 2. The number of primary amides is 1. The van der Waals surface area contributed by atoms with Gasteiger partial charge in [0.15, 0.2) is 0 Å². The minimum absolute atomic E-state index is 0.0399. The molecule has 40 heavy (non-hydrogen) atoms. The summed E-state index contributed by atoms with van der Waals surface area (Å²) in [5.41, 5.74) is 9.73. The molecule has 4 aromatic rings. The Morgan fingerprint density at radius 2 is 1.82 bits per heavy atom. The Balaban J connectivity index is 1.73. The summed E-state index contributed by atoms with van der Waals surface area (Å²) in [6.45, 7) is 7.38. The van der Waals surface area contributed by atoms with Gasteiger partial charge in [0.25, 0.3) is 0 Å². The van der Waals surface area contributed by atoms with Gasteiger partial charge < -0.3 is 15.6 Å². The van der Waals surface area contributed by atoms with Crippen LogP contribution in [0.4, 0.5) is 8.78 Å². The lowest BCUT2D eigenvalue weighted by Crippen LogP contribution is -2.34. The number of amides is 2. The molecule has 2 aromatic heterocycles. The van der Waals surface area contributed by atoms with Crippen LogP contribution in [0.5, 0.6) is 0 Å². The first-order chi connectivity index (χ1) is 19.2. The summed E-state index contributed by atoms with van der Waals surface area (Å²) in [5.74, 6) is -2.35. The number of hydrogen-bond donors (Lipinski definition) is 2. The van der Waals surface area contributed by atoms with Gasteiger partial charge in [-0.1, -0.05) is 43.0 Å². The van der Waals surface area contributed by atoms with Crippen molar-refractivity contribution in [1.82, 2.24) is 14.9 Å². The van der Waals surface area contributed by atoms with Gasteiger partial charge >= 0.3 is 0 Å². The van der Waals surface area contributed by atoms with Crippen molar-refractivity contribution in [1.29, 1.82) is 0 Å². The Labute approximate surface area is 231 Å². The van der Waals surface area contributed by atoms with Crippen molar-refractivity contribution in [2.45, 2.75) is 32.9 Å². The third-order valence-electron chi connectivity index (χ3n) is 6.56. The average Bonchev–Trinajstić information content (AvgIpc) is 3.22. The molecule has 3 N–H and O–H groups in total. The van der Waals surface area contributed by atoms with E-state index in [1.54, 1.807) is 31.3 Å². The minimum Gasteiger partial charge on any atom is -0.366 e. The molecule has 2 amide bonds. The van der Waals surface area contributed by atoms with E-state index < -0.39 is 23.6 Å². The maximum atomic E-state index is 14.1. The molecule has 2 heterocycles. The Morgan fingerprint density at radius 3 is 2.52 bits per heavy atom. The maximum absolute atomic E-state index is 14.1. The number of fused-ring (bicyclic) bond motifs is 1. The Bertz CT molecular complexity index is 1630. The van der Waals surface area contributed by atoms with Crippen molar-refractivity contribution in [2.75, 3.05) is 0 Å². The molecular formula is C32H30F2N4O2. The zero-order valence-electron chi connectivity index (χ0n) is 22.3. The Kier molecular flexibility index (Phi) is 8.69. The quantitative estimate of drug-likeness (QED) is 0.199. The second-order valence-corrected chi connectivity index (χ2v) is 9.52. The number of nitrogens with one attached hydrogen (secondary N) is 1. The smallest absolute Gasteiger partial charge is 0.248 e. The Morgan fingerprint density at radius 1 is 1.10 bits per heavy atom. The normalized spacial score (nSPS) is 12.8. The minimum atomic E-state index is -0.740. The summed E-state index contributed by atoms with van der Waals surface area (Å²) in [4.78, 5) is 29.9. The number of hydrogen-bond acceptors (Lipinski definition) is 3. The Hall–Kier alpha value is -4.85. The van der Waals surface area contributed by atoms with Gasteiger partial charge in [0.1, 0.15) is 18.2 Å². The van der Waals surface area contributed by atoms with Crippen molar-refractivity contribution in [3.63, 3.8) is 0 Å². The largest absolute Gasteiger partial charge is 0.366 e. The molecule has 0 saturated carbocycles. The van der Waals surface area contributed by atoms with Gasteiger partial charge in [-0.2, -0.15) is 0 Å². The fourth-order valence-electron chi connectivity index (χ4n) is 4.79. The molecule has 8 heteroatoms. The first kappa shape index (κ1) is 28.2. The van der Waals surface area contributed by atoms with Crippen LogP contribution in [-0.2, 0) is 22.6 Å². The summed E-state index contributed by atoms with van der Waals surface area (Å²) < 4.78 is 30.1. The van der Waals surface area contributed by atoms with Gasteiger partial charge in [0, 0.05) is 34.6 Å². The highest BCUT2D eigenvalue weighted by Gasteiger charge is 2.22. The van der Waals surface area contributed by atoms with E-state index in [0.717, 1.165) is 22.7 Å². The van der Waals surface area contributed by atoms with Crippen molar-refractivity contribution >= 4 is 28.3 Å². The number of pyridine rings is 1. The lowest BCUT2D eigenvalue weighted by molar-refractivity contribution is -0.122. The van der Waals surface area contributed by atoms with Gasteiger partial charge in [-0.15, -0.1) is 0 Å². The van der Waals surface area contributed by atoms with Gasteiger partial charge in [-0.25, -0.2) is 8.78 Å². The first-order valence-electron chi connectivity index (χ1n) is 12.7. The summed E-state index contributed by atoms with van der Waals surface area (Å²) in [6.07, 6.45) is 6.23. The highest BCUT2D eigenvalue weighted by Crippen LogP contribution is 2.27. The van der Waals surface area contributed by atoms with Crippen LogP contribution in [0, 0.1) is 18.6 Å². The van der Waals surface area contributed by atoms with E-state index in [-0.39, 0.29) is 24.4 Å². The average molecular weight is 541 g/mol. The molecule has 0 aliphatic heterocycles. The zero-order valence-corrected chi connectivity index (χ0v) is 22.3. The molecule has 0 aliphatic rings. The predicted octanol–water partition coefficient (Wildman–Crippen LogP) is 5.72. The second-order valence-electron chi connectivity index (χ2n) is 9.52. The van der Waals surface area contributed by atoms with E-state index in [2.05, 4.69) is 16.9 Å². The monoisotopic (exact) mass is 540 g/mol. The third kappa shape index (κ3) is 6.58. The van der Waals surface area contributed by atoms with Crippen LogP contribution in [0.3, 0.4) is 0 Å². The fourth-order valence-corrected chi connectivity index (χ4v) is 4.79.